The summed E-state index contributed by atoms with van der Waals surface area (Å²) >= 11 is 0. The molecule has 0 radical (unpaired) electrons. The summed E-state index contributed by atoms with van der Waals surface area (Å²) in [5.41, 5.74) is 4.29. The Hall–Kier alpha value is -1.60. The Morgan fingerprint density at radius 2 is 1.75 bits per heavy atom. The Balaban J connectivity index is 1.42. The van der Waals surface area contributed by atoms with Crippen molar-refractivity contribution in [3.63, 3.8) is 0 Å². The van der Waals surface area contributed by atoms with E-state index in [1.807, 2.05) is 6.07 Å². The van der Waals surface area contributed by atoms with Crippen LogP contribution in [0, 0.1) is 0 Å². The Morgan fingerprint density at radius 3 is 2.55 bits per heavy atom. The van der Waals surface area contributed by atoms with Crippen molar-refractivity contribution in [3.8, 4) is 0 Å². The molecular formula is C19H22O. The van der Waals surface area contributed by atoms with Gasteiger partial charge >= 0.3 is 0 Å². The molecule has 0 fully saturated rings. The van der Waals surface area contributed by atoms with Crippen molar-refractivity contribution in [2.45, 2.75) is 44.1 Å². The average molecular weight is 266 g/mol. The smallest absolute Gasteiger partial charge is 0.0546 e. The second-order valence-electron chi connectivity index (χ2n) is 5.87. The average Bonchev–Trinajstić information content (AvgIpc) is 2.46. The fourth-order valence-corrected chi connectivity index (χ4v) is 3.21. The van der Waals surface area contributed by atoms with Crippen LogP contribution in [0.25, 0.3) is 0 Å². The molecule has 1 N–H and O–H groups in total. The van der Waals surface area contributed by atoms with Crippen LogP contribution in [0.1, 0.15) is 41.9 Å². The molecule has 0 spiro atoms. The zero-order valence-corrected chi connectivity index (χ0v) is 11.8. The van der Waals surface area contributed by atoms with Gasteiger partial charge in [0, 0.05) is 0 Å². The summed E-state index contributed by atoms with van der Waals surface area (Å²) in [6, 6.07) is 19.1. The second-order valence-corrected chi connectivity index (χ2v) is 5.87. The van der Waals surface area contributed by atoms with Crippen molar-refractivity contribution in [2.24, 2.45) is 0 Å². The van der Waals surface area contributed by atoms with Gasteiger partial charge in [0.15, 0.2) is 0 Å². The van der Waals surface area contributed by atoms with Crippen LogP contribution in [0.3, 0.4) is 0 Å². The van der Waals surface area contributed by atoms with E-state index in [0.29, 0.717) is 5.92 Å². The van der Waals surface area contributed by atoms with E-state index in [9.17, 15) is 5.11 Å². The molecule has 0 aliphatic heterocycles. The Labute approximate surface area is 121 Å². The molecule has 0 heterocycles. The quantitative estimate of drug-likeness (QED) is 0.834. The number of aryl methyl sites for hydroxylation is 1. The van der Waals surface area contributed by atoms with E-state index in [4.69, 9.17) is 0 Å². The number of benzene rings is 2. The molecule has 3 rings (SSSR count). The second kappa shape index (κ2) is 6.23. The molecule has 20 heavy (non-hydrogen) atoms. The van der Waals surface area contributed by atoms with Gasteiger partial charge in [0.25, 0.3) is 0 Å². The van der Waals surface area contributed by atoms with Crippen LogP contribution in [-0.4, -0.2) is 11.2 Å². The highest BCUT2D eigenvalue weighted by atomic mass is 16.3. The fourth-order valence-electron chi connectivity index (χ4n) is 3.21. The van der Waals surface area contributed by atoms with E-state index in [0.717, 1.165) is 32.1 Å². The van der Waals surface area contributed by atoms with Gasteiger partial charge in [0.1, 0.15) is 0 Å². The molecule has 0 amide bonds. The van der Waals surface area contributed by atoms with Gasteiger partial charge in [-0.05, 0) is 54.7 Å². The molecule has 0 saturated heterocycles. The molecule has 1 nitrogen and oxygen atoms in total. The molecule has 0 saturated carbocycles. The highest BCUT2D eigenvalue weighted by Gasteiger charge is 2.27. The molecule has 2 aromatic carbocycles. The highest BCUT2D eigenvalue weighted by Crippen LogP contribution is 2.38. The summed E-state index contributed by atoms with van der Waals surface area (Å²) in [7, 11) is 0. The first-order chi connectivity index (χ1) is 9.83. The first kappa shape index (κ1) is 13.4. The number of fused-ring (bicyclic) bond motifs is 1. The zero-order chi connectivity index (χ0) is 13.8. The summed E-state index contributed by atoms with van der Waals surface area (Å²) < 4.78 is 0. The van der Waals surface area contributed by atoms with Crippen molar-refractivity contribution in [3.05, 3.63) is 71.3 Å². The Morgan fingerprint density at radius 1 is 1.00 bits per heavy atom. The summed E-state index contributed by atoms with van der Waals surface area (Å²) in [6.45, 7) is 0. The number of hydrogen-bond donors (Lipinski definition) is 1. The van der Waals surface area contributed by atoms with Crippen molar-refractivity contribution in [2.75, 3.05) is 0 Å². The molecular weight excluding hydrogens is 244 g/mol. The van der Waals surface area contributed by atoms with Gasteiger partial charge in [0.2, 0.25) is 0 Å². The molecule has 1 aliphatic rings. The predicted molar refractivity (Wildman–Crippen MR) is 82.9 cm³/mol. The minimum absolute atomic E-state index is 0.155. The summed E-state index contributed by atoms with van der Waals surface area (Å²) in [5.74, 6) is 0.581. The summed E-state index contributed by atoms with van der Waals surface area (Å²) in [6.07, 6.45) is 4.96. The normalized spacial score (nSPS) is 18.1. The van der Waals surface area contributed by atoms with E-state index in [2.05, 4.69) is 48.5 Å². The van der Waals surface area contributed by atoms with Crippen LogP contribution in [0.15, 0.2) is 54.6 Å². The first-order valence-electron chi connectivity index (χ1n) is 7.63. The number of aliphatic hydroxyl groups excluding tert-OH is 1. The monoisotopic (exact) mass is 266 g/mol. The lowest BCUT2D eigenvalue weighted by molar-refractivity contribution is 0.139. The highest BCUT2D eigenvalue weighted by molar-refractivity contribution is 5.39. The minimum atomic E-state index is -0.155. The lowest BCUT2D eigenvalue weighted by Crippen LogP contribution is -2.22. The lowest BCUT2D eigenvalue weighted by Gasteiger charge is -2.31. The van der Waals surface area contributed by atoms with E-state index < -0.39 is 0 Å². The lowest BCUT2D eigenvalue weighted by atomic mass is 9.74. The molecule has 104 valence electrons. The van der Waals surface area contributed by atoms with Crippen LogP contribution < -0.4 is 0 Å². The molecule has 1 aliphatic carbocycles. The number of aliphatic hydroxyl groups is 1. The fraction of sp³-hybridized carbons (Fsp3) is 0.368. The van der Waals surface area contributed by atoms with Crippen molar-refractivity contribution in [1.29, 1.82) is 0 Å². The first-order valence-corrected chi connectivity index (χ1v) is 7.63. The van der Waals surface area contributed by atoms with E-state index in [1.165, 1.54) is 16.7 Å². The zero-order valence-electron chi connectivity index (χ0n) is 11.8. The van der Waals surface area contributed by atoms with Gasteiger partial charge in [-0.2, -0.15) is 0 Å². The van der Waals surface area contributed by atoms with Crippen LogP contribution in [0.4, 0.5) is 0 Å². The standard InChI is InChI=1S/C19H22O/c20-18(11-6-9-15-7-2-1-3-8-15)14-17-13-16-10-4-5-12-19(16)17/h1-5,7-8,10,12,17-18,20H,6,9,11,13-14H2. The van der Waals surface area contributed by atoms with Gasteiger partial charge < -0.3 is 5.11 Å². The summed E-state index contributed by atoms with van der Waals surface area (Å²) in [4.78, 5) is 0. The molecule has 2 aromatic rings. The third-order valence-corrected chi connectivity index (χ3v) is 4.36. The SMILES string of the molecule is OC(CCCc1ccccc1)CC1Cc2ccccc21. The number of rotatable bonds is 6. The maximum atomic E-state index is 10.2. The minimum Gasteiger partial charge on any atom is -0.393 e. The Kier molecular flexibility index (Phi) is 4.17. The third-order valence-electron chi connectivity index (χ3n) is 4.36. The van der Waals surface area contributed by atoms with Crippen molar-refractivity contribution >= 4 is 0 Å². The summed E-state index contributed by atoms with van der Waals surface area (Å²) in [5, 5.41) is 10.2. The topological polar surface area (TPSA) is 20.2 Å². The van der Waals surface area contributed by atoms with Crippen molar-refractivity contribution in [1.82, 2.24) is 0 Å². The van der Waals surface area contributed by atoms with Crippen LogP contribution in [0.5, 0.6) is 0 Å². The molecule has 0 aromatic heterocycles. The van der Waals surface area contributed by atoms with Crippen LogP contribution >= 0.6 is 0 Å². The van der Waals surface area contributed by atoms with Crippen molar-refractivity contribution < 1.29 is 5.11 Å². The van der Waals surface area contributed by atoms with Gasteiger partial charge in [-0.3, -0.25) is 0 Å². The van der Waals surface area contributed by atoms with Gasteiger partial charge in [0.05, 0.1) is 6.10 Å². The van der Waals surface area contributed by atoms with Crippen LogP contribution in [-0.2, 0) is 12.8 Å². The van der Waals surface area contributed by atoms with Crippen LogP contribution in [0.2, 0.25) is 0 Å². The third kappa shape index (κ3) is 3.10. The maximum absolute atomic E-state index is 10.2. The molecule has 2 atom stereocenters. The maximum Gasteiger partial charge on any atom is 0.0546 e. The Bertz CT molecular complexity index is 547. The van der Waals surface area contributed by atoms with Gasteiger partial charge in [-0.15, -0.1) is 0 Å². The largest absolute Gasteiger partial charge is 0.393 e. The van der Waals surface area contributed by atoms with Gasteiger partial charge in [-0.1, -0.05) is 54.6 Å². The van der Waals surface area contributed by atoms with Gasteiger partial charge in [-0.25, -0.2) is 0 Å². The molecule has 0 bridgehead atoms. The number of hydrogen-bond acceptors (Lipinski definition) is 1. The predicted octanol–water partition coefficient (Wildman–Crippen LogP) is 4.10. The van der Waals surface area contributed by atoms with E-state index in [1.54, 1.807) is 0 Å². The molecule has 1 heteroatoms. The molecule has 2 unspecified atom stereocenters. The van der Waals surface area contributed by atoms with E-state index >= 15 is 0 Å². The van der Waals surface area contributed by atoms with E-state index in [-0.39, 0.29) is 6.10 Å².